The van der Waals surface area contributed by atoms with Crippen LogP contribution in [0.1, 0.15) is 12.0 Å². The minimum atomic E-state index is 0.0295. The third-order valence-corrected chi connectivity index (χ3v) is 1.82. The van der Waals surface area contributed by atoms with E-state index >= 15 is 0 Å². The van der Waals surface area contributed by atoms with E-state index in [1.807, 2.05) is 12.1 Å². The number of carbonyl (C=O) groups excluding carboxylic acids is 1. The summed E-state index contributed by atoms with van der Waals surface area (Å²) in [6.07, 6.45) is 3.84. The lowest BCUT2D eigenvalue weighted by Crippen LogP contribution is -2.35. The number of pyridine rings is 1. The van der Waals surface area contributed by atoms with Gasteiger partial charge in [0, 0.05) is 24.4 Å². The minimum absolute atomic E-state index is 0.0295. The van der Waals surface area contributed by atoms with E-state index in [9.17, 15) is 4.79 Å². The maximum absolute atomic E-state index is 11.0. The van der Waals surface area contributed by atoms with Gasteiger partial charge in [-0.2, -0.15) is 0 Å². The summed E-state index contributed by atoms with van der Waals surface area (Å²) in [7, 11) is 0. The Hall–Kier alpha value is -1.71. The number of rotatable bonds is 1. The summed E-state index contributed by atoms with van der Waals surface area (Å²) < 4.78 is 0. The Kier molecular flexibility index (Phi) is 2.04. The van der Waals surface area contributed by atoms with Crippen molar-refractivity contribution in [2.24, 2.45) is 4.99 Å². The molecule has 2 rings (SSSR count). The third-order valence-electron chi connectivity index (χ3n) is 1.82. The second-order valence-electron chi connectivity index (χ2n) is 2.76. The lowest BCUT2D eigenvalue weighted by Gasteiger charge is -2.12. The molecule has 1 N–H and O–H groups in total. The molecule has 1 aromatic rings. The highest BCUT2D eigenvalue weighted by Gasteiger charge is 2.12. The van der Waals surface area contributed by atoms with Gasteiger partial charge in [-0.15, -0.1) is 0 Å². The van der Waals surface area contributed by atoms with E-state index in [4.69, 9.17) is 0 Å². The van der Waals surface area contributed by atoms with E-state index in [-0.39, 0.29) is 5.91 Å². The van der Waals surface area contributed by atoms with E-state index in [2.05, 4.69) is 15.3 Å². The Balaban J connectivity index is 2.27. The lowest BCUT2D eigenvalue weighted by molar-refractivity contribution is -0.119. The molecule has 0 fully saturated rings. The predicted octanol–water partition coefficient (Wildman–Crippen LogP) is 0.348. The average Bonchev–Trinajstić information content (AvgIpc) is 2.19. The molecule has 0 saturated carbocycles. The first-order chi connectivity index (χ1) is 6.36. The van der Waals surface area contributed by atoms with E-state index in [1.165, 1.54) is 0 Å². The number of nitrogens with zero attached hydrogens (tertiary/aromatic N) is 2. The van der Waals surface area contributed by atoms with Crippen LogP contribution >= 0.6 is 0 Å². The fourth-order valence-corrected chi connectivity index (χ4v) is 1.18. The zero-order valence-corrected chi connectivity index (χ0v) is 7.03. The highest BCUT2D eigenvalue weighted by atomic mass is 16.1. The SMILES string of the molecule is O=C1CCN=C(c2ccncc2)N1. The molecular formula is C9H9N3O. The quantitative estimate of drug-likeness (QED) is 0.669. The standard InChI is InChI=1S/C9H9N3O/c13-8-3-6-11-9(12-8)7-1-4-10-5-2-7/h1-2,4-5H,3,6H2,(H,11,12,13). The highest BCUT2D eigenvalue weighted by molar-refractivity contribution is 6.09. The van der Waals surface area contributed by atoms with Gasteiger partial charge in [0.25, 0.3) is 0 Å². The number of amidine groups is 1. The van der Waals surface area contributed by atoms with Crippen LogP contribution in [0.25, 0.3) is 0 Å². The molecule has 4 nitrogen and oxygen atoms in total. The maximum atomic E-state index is 11.0. The van der Waals surface area contributed by atoms with Gasteiger partial charge in [0.2, 0.25) is 5.91 Å². The Morgan fingerprint density at radius 1 is 1.31 bits per heavy atom. The molecule has 66 valence electrons. The Morgan fingerprint density at radius 3 is 2.77 bits per heavy atom. The summed E-state index contributed by atoms with van der Waals surface area (Å²) in [5.41, 5.74) is 0.906. The highest BCUT2D eigenvalue weighted by Crippen LogP contribution is 2.01. The van der Waals surface area contributed by atoms with E-state index in [0.717, 1.165) is 5.56 Å². The van der Waals surface area contributed by atoms with Crippen molar-refractivity contribution in [3.63, 3.8) is 0 Å². The van der Waals surface area contributed by atoms with Crippen LogP contribution in [-0.2, 0) is 4.79 Å². The number of amides is 1. The van der Waals surface area contributed by atoms with Gasteiger partial charge >= 0.3 is 0 Å². The predicted molar refractivity (Wildman–Crippen MR) is 48.4 cm³/mol. The van der Waals surface area contributed by atoms with Crippen LogP contribution in [0, 0.1) is 0 Å². The second kappa shape index (κ2) is 3.35. The van der Waals surface area contributed by atoms with Gasteiger partial charge in [0.1, 0.15) is 5.84 Å². The summed E-state index contributed by atoms with van der Waals surface area (Å²) in [6, 6.07) is 3.65. The number of hydrogen-bond acceptors (Lipinski definition) is 3. The van der Waals surface area contributed by atoms with Crippen molar-refractivity contribution in [1.29, 1.82) is 0 Å². The van der Waals surface area contributed by atoms with Gasteiger partial charge in [-0.25, -0.2) is 0 Å². The number of nitrogens with one attached hydrogen (secondary N) is 1. The molecule has 0 spiro atoms. The monoisotopic (exact) mass is 175 g/mol. The van der Waals surface area contributed by atoms with Crippen molar-refractivity contribution in [2.45, 2.75) is 6.42 Å². The molecule has 1 aliphatic heterocycles. The topological polar surface area (TPSA) is 54.4 Å². The van der Waals surface area contributed by atoms with E-state index in [0.29, 0.717) is 18.8 Å². The Bertz CT molecular complexity index is 345. The van der Waals surface area contributed by atoms with Crippen LogP contribution < -0.4 is 5.32 Å². The largest absolute Gasteiger partial charge is 0.310 e. The first-order valence-electron chi connectivity index (χ1n) is 4.11. The minimum Gasteiger partial charge on any atom is -0.310 e. The van der Waals surface area contributed by atoms with Crippen LogP contribution in [0.5, 0.6) is 0 Å². The fourth-order valence-electron chi connectivity index (χ4n) is 1.18. The molecular weight excluding hydrogens is 166 g/mol. The first-order valence-corrected chi connectivity index (χ1v) is 4.11. The molecule has 0 atom stereocenters. The van der Waals surface area contributed by atoms with E-state index < -0.39 is 0 Å². The average molecular weight is 175 g/mol. The first kappa shape index (κ1) is 7.91. The molecule has 2 heterocycles. The molecule has 13 heavy (non-hydrogen) atoms. The van der Waals surface area contributed by atoms with Crippen LogP contribution in [-0.4, -0.2) is 23.3 Å². The Labute approximate surface area is 75.7 Å². The maximum Gasteiger partial charge on any atom is 0.227 e. The fraction of sp³-hybridized carbons (Fsp3) is 0.222. The third kappa shape index (κ3) is 1.72. The zero-order chi connectivity index (χ0) is 9.10. The molecule has 0 radical (unpaired) electrons. The molecule has 0 saturated heterocycles. The number of aliphatic imine (C=N–C) groups is 1. The van der Waals surface area contributed by atoms with Crippen LogP contribution in [0.15, 0.2) is 29.5 Å². The summed E-state index contributed by atoms with van der Waals surface area (Å²) in [4.78, 5) is 19.1. The van der Waals surface area contributed by atoms with Crippen molar-refractivity contribution in [3.05, 3.63) is 30.1 Å². The smallest absolute Gasteiger partial charge is 0.227 e. The molecule has 0 aromatic carbocycles. The van der Waals surface area contributed by atoms with Gasteiger partial charge in [-0.3, -0.25) is 14.8 Å². The summed E-state index contributed by atoms with van der Waals surface area (Å²) in [5.74, 6) is 0.681. The van der Waals surface area contributed by atoms with Crippen LogP contribution in [0.2, 0.25) is 0 Å². The zero-order valence-electron chi connectivity index (χ0n) is 7.03. The molecule has 1 aromatic heterocycles. The van der Waals surface area contributed by atoms with Gasteiger partial charge < -0.3 is 5.32 Å². The molecule has 0 bridgehead atoms. The van der Waals surface area contributed by atoms with Gasteiger partial charge in [0.05, 0.1) is 6.54 Å². The normalized spacial score (nSPS) is 16.3. The van der Waals surface area contributed by atoms with Crippen molar-refractivity contribution >= 4 is 11.7 Å². The molecule has 1 amide bonds. The van der Waals surface area contributed by atoms with Crippen LogP contribution in [0.4, 0.5) is 0 Å². The van der Waals surface area contributed by atoms with Crippen molar-refractivity contribution in [1.82, 2.24) is 10.3 Å². The summed E-state index contributed by atoms with van der Waals surface area (Å²) >= 11 is 0. The Morgan fingerprint density at radius 2 is 2.08 bits per heavy atom. The number of hydrogen-bond donors (Lipinski definition) is 1. The van der Waals surface area contributed by atoms with Crippen molar-refractivity contribution in [2.75, 3.05) is 6.54 Å². The van der Waals surface area contributed by atoms with Gasteiger partial charge in [-0.05, 0) is 12.1 Å². The van der Waals surface area contributed by atoms with Crippen molar-refractivity contribution in [3.8, 4) is 0 Å². The van der Waals surface area contributed by atoms with E-state index in [1.54, 1.807) is 12.4 Å². The molecule has 0 aliphatic carbocycles. The van der Waals surface area contributed by atoms with Crippen LogP contribution in [0.3, 0.4) is 0 Å². The molecule has 0 unspecified atom stereocenters. The number of aromatic nitrogens is 1. The summed E-state index contributed by atoms with van der Waals surface area (Å²) in [6.45, 7) is 0.573. The lowest BCUT2D eigenvalue weighted by atomic mass is 10.2. The van der Waals surface area contributed by atoms with Crippen molar-refractivity contribution < 1.29 is 4.79 Å². The second-order valence-corrected chi connectivity index (χ2v) is 2.76. The molecule has 1 aliphatic rings. The molecule has 4 heteroatoms. The summed E-state index contributed by atoms with van der Waals surface area (Å²) in [5, 5.41) is 2.72. The van der Waals surface area contributed by atoms with Gasteiger partial charge in [0.15, 0.2) is 0 Å². The van der Waals surface area contributed by atoms with Gasteiger partial charge in [-0.1, -0.05) is 0 Å². The number of carbonyl (C=O) groups is 1.